The van der Waals surface area contributed by atoms with E-state index in [4.69, 9.17) is 9.47 Å². The van der Waals surface area contributed by atoms with Crippen LogP contribution in [-0.4, -0.2) is 63.1 Å². The lowest BCUT2D eigenvalue weighted by atomic mass is 10.1. The van der Waals surface area contributed by atoms with Gasteiger partial charge in [0.05, 0.1) is 4.90 Å². The van der Waals surface area contributed by atoms with Crippen molar-refractivity contribution in [2.45, 2.75) is 23.9 Å². The quantitative estimate of drug-likeness (QED) is 0.505. The van der Waals surface area contributed by atoms with Gasteiger partial charge in [-0.3, -0.25) is 9.69 Å². The van der Waals surface area contributed by atoms with Gasteiger partial charge in [-0.05, 0) is 41.8 Å². The minimum absolute atomic E-state index is 0.143. The molecule has 1 fully saturated rings. The first-order valence-electron chi connectivity index (χ1n) is 12.0. The standard InChI is InChI=1S/C27H29N3O5S/c31-27(30-15-13-29(14-16-30)19-22-11-12-25-26(18-22)35-20-34-25)24(17-21-7-3-1-4-8-21)28-36(32,33)23-9-5-2-6-10-23/h1-12,18,24,28H,13-17,19-20H2/t24-/m0/s1. The van der Waals surface area contributed by atoms with Crippen molar-refractivity contribution >= 4 is 15.9 Å². The van der Waals surface area contributed by atoms with Gasteiger partial charge in [0.2, 0.25) is 22.7 Å². The van der Waals surface area contributed by atoms with Gasteiger partial charge in [0.25, 0.3) is 0 Å². The van der Waals surface area contributed by atoms with Crippen molar-refractivity contribution in [1.29, 1.82) is 0 Å². The predicted molar refractivity (Wildman–Crippen MR) is 135 cm³/mol. The maximum atomic E-state index is 13.6. The largest absolute Gasteiger partial charge is 0.454 e. The molecule has 36 heavy (non-hydrogen) atoms. The van der Waals surface area contributed by atoms with Crippen molar-refractivity contribution in [3.8, 4) is 11.5 Å². The number of carbonyl (C=O) groups excluding carboxylic acids is 1. The van der Waals surface area contributed by atoms with Crippen molar-refractivity contribution in [1.82, 2.24) is 14.5 Å². The van der Waals surface area contributed by atoms with Gasteiger partial charge in [-0.25, -0.2) is 8.42 Å². The fourth-order valence-electron chi connectivity index (χ4n) is 4.53. The van der Waals surface area contributed by atoms with Crippen LogP contribution in [0, 0.1) is 0 Å². The van der Waals surface area contributed by atoms with E-state index in [-0.39, 0.29) is 24.0 Å². The van der Waals surface area contributed by atoms with E-state index in [2.05, 4.69) is 9.62 Å². The van der Waals surface area contributed by atoms with Crippen LogP contribution in [0.1, 0.15) is 11.1 Å². The van der Waals surface area contributed by atoms with Crippen LogP contribution in [0.3, 0.4) is 0 Å². The number of ether oxygens (including phenoxy) is 2. The Hall–Kier alpha value is -3.40. The molecule has 1 saturated heterocycles. The van der Waals surface area contributed by atoms with E-state index in [1.165, 1.54) is 12.1 Å². The zero-order chi connectivity index (χ0) is 25.0. The molecule has 0 saturated carbocycles. The molecule has 1 amide bonds. The van der Waals surface area contributed by atoms with E-state index < -0.39 is 16.1 Å². The summed E-state index contributed by atoms with van der Waals surface area (Å²) in [6.45, 7) is 3.45. The molecular weight excluding hydrogens is 478 g/mol. The molecular formula is C27H29N3O5S. The molecule has 1 atom stereocenters. The smallest absolute Gasteiger partial charge is 0.241 e. The third-order valence-corrected chi connectivity index (χ3v) is 7.95. The van der Waals surface area contributed by atoms with Crippen LogP contribution in [0.4, 0.5) is 0 Å². The SMILES string of the molecule is O=C([C@H](Cc1ccccc1)NS(=O)(=O)c1ccccc1)N1CCN(Cc2ccc3c(c2)OCO3)CC1. The van der Waals surface area contributed by atoms with Gasteiger partial charge >= 0.3 is 0 Å². The third-order valence-electron chi connectivity index (χ3n) is 6.46. The van der Waals surface area contributed by atoms with Gasteiger partial charge in [-0.15, -0.1) is 0 Å². The van der Waals surface area contributed by atoms with E-state index in [9.17, 15) is 13.2 Å². The van der Waals surface area contributed by atoms with Crippen molar-refractivity contribution in [3.05, 3.63) is 90.0 Å². The number of fused-ring (bicyclic) bond motifs is 1. The predicted octanol–water partition coefficient (Wildman–Crippen LogP) is 2.65. The summed E-state index contributed by atoms with van der Waals surface area (Å²) in [5, 5.41) is 0. The highest BCUT2D eigenvalue weighted by atomic mass is 32.2. The van der Waals surface area contributed by atoms with Crippen molar-refractivity contribution in [3.63, 3.8) is 0 Å². The summed E-state index contributed by atoms with van der Waals surface area (Å²) < 4.78 is 39.6. The Morgan fingerprint density at radius 3 is 2.22 bits per heavy atom. The van der Waals surface area contributed by atoms with Gasteiger partial charge in [0.1, 0.15) is 6.04 Å². The van der Waals surface area contributed by atoms with Crippen LogP contribution in [0.5, 0.6) is 11.5 Å². The molecule has 5 rings (SSSR count). The summed E-state index contributed by atoms with van der Waals surface area (Å²) in [5.74, 6) is 1.31. The molecule has 9 heteroatoms. The second-order valence-corrected chi connectivity index (χ2v) is 10.7. The molecule has 0 spiro atoms. The molecule has 3 aromatic rings. The summed E-state index contributed by atoms with van der Waals surface area (Å²) in [6.07, 6.45) is 0.281. The van der Waals surface area contributed by atoms with E-state index in [0.29, 0.717) is 26.2 Å². The Morgan fingerprint density at radius 1 is 0.833 bits per heavy atom. The molecule has 0 bridgehead atoms. The number of amides is 1. The van der Waals surface area contributed by atoms with Gasteiger partial charge in [-0.1, -0.05) is 54.6 Å². The summed E-state index contributed by atoms with van der Waals surface area (Å²) in [4.78, 5) is 17.7. The van der Waals surface area contributed by atoms with Crippen LogP contribution >= 0.6 is 0 Å². The zero-order valence-corrected chi connectivity index (χ0v) is 20.7. The molecule has 1 N–H and O–H groups in total. The van der Waals surface area contributed by atoms with Crippen LogP contribution in [0.15, 0.2) is 83.8 Å². The molecule has 2 heterocycles. The molecule has 188 valence electrons. The molecule has 0 unspecified atom stereocenters. The van der Waals surface area contributed by atoms with Gasteiger partial charge < -0.3 is 14.4 Å². The average Bonchev–Trinajstić information content (AvgIpc) is 3.37. The molecule has 0 aliphatic carbocycles. The molecule has 0 aromatic heterocycles. The second-order valence-electron chi connectivity index (χ2n) is 8.97. The Morgan fingerprint density at radius 2 is 1.50 bits per heavy atom. The van der Waals surface area contributed by atoms with Crippen LogP contribution in [0.25, 0.3) is 0 Å². The molecule has 8 nitrogen and oxygen atoms in total. The first kappa shape index (κ1) is 24.3. The lowest BCUT2D eigenvalue weighted by molar-refractivity contribution is -0.134. The van der Waals surface area contributed by atoms with Crippen molar-refractivity contribution in [2.75, 3.05) is 33.0 Å². The summed E-state index contributed by atoms with van der Waals surface area (Å²) in [5.41, 5.74) is 2.02. The highest BCUT2D eigenvalue weighted by molar-refractivity contribution is 7.89. The number of piperazine rings is 1. The minimum atomic E-state index is -3.85. The van der Waals surface area contributed by atoms with E-state index in [0.717, 1.165) is 29.2 Å². The van der Waals surface area contributed by atoms with E-state index in [1.54, 1.807) is 23.1 Å². The third kappa shape index (κ3) is 5.70. The Balaban J connectivity index is 1.25. The highest BCUT2D eigenvalue weighted by Gasteiger charge is 2.31. The topological polar surface area (TPSA) is 88.2 Å². The number of benzene rings is 3. The van der Waals surface area contributed by atoms with Gasteiger partial charge in [-0.2, -0.15) is 4.72 Å². The van der Waals surface area contributed by atoms with Crippen LogP contribution in [0.2, 0.25) is 0 Å². The van der Waals surface area contributed by atoms with E-state index >= 15 is 0 Å². The fourth-order valence-corrected chi connectivity index (χ4v) is 5.74. The Labute approximate surface area is 211 Å². The number of hydrogen-bond donors (Lipinski definition) is 1. The monoisotopic (exact) mass is 507 g/mol. The summed E-state index contributed by atoms with van der Waals surface area (Å²) in [7, 11) is -3.85. The Kier molecular flexibility index (Phi) is 7.22. The van der Waals surface area contributed by atoms with E-state index in [1.807, 2.05) is 48.5 Å². The molecule has 3 aromatic carbocycles. The second kappa shape index (κ2) is 10.7. The Bertz CT molecular complexity index is 1290. The number of rotatable bonds is 8. The molecule has 2 aliphatic heterocycles. The number of nitrogens with zero attached hydrogens (tertiary/aromatic N) is 2. The van der Waals surface area contributed by atoms with Gasteiger partial charge in [0, 0.05) is 32.7 Å². The maximum Gasteiger partial charge on any atom is 0.241 e. The fraction of sp³-hybridized carbons (Fsp3) is 0.296. The molecule has 0 radical (unpaired) electrons. The average molecular weight is 508 g/mol. The van der Waals surface area contributed by atoms with Crippen molar-refractivity contribution in [2.24, 2.45) is 0 Å². The zero-order valence-electron chi connectivity index (χ0n) is 19.9. The first-order chi connectivity index (χ1) is 17.5. The normalized spacial score (nSPS) is 16.6. The molecule has 2 aliphatic rings. The lowest BCUT2D eigenvalue weighted by Crippen LogP contribution is -2.55. The first-order valence-corrected chi connectivity index (χ1v) is 13.5. The van der Waals surface area contributed by atoms with Crippen LogP contribution in [-0.2, 0) is 27.8 Å². The van der Waals surface area contributed by atoms with Crippen LogP contribution < -0.4 is 14.2 Å². The van der Waals surface area contributed by atoms with Gasteiger partial charge in [0.15, 0.2) is 11.5 Å². The number of sulfonamides is 1. The summed E-state index contributed by atoms with van der Waals surface area (Å²) >= 11 is 0. The summed E-state index contributed by atoms with van der Waals surface area (Å²) in [6, 6.07) is 22.7. The number of hydrogen-bond acceptors (Lipinski definition) is 6. The highest BCUT2D eigenvalue weighted by Crippen LogP contribution is 2.32. The van der Waals surface area contributed by atoms with Crippen molar-refractivity contribution < 1.29 is 22.7 Å². The number of carbonyl (C=O) groups is 1. The minimum Gasteiger partial charge on any atom is -0.454 e. The maximum absolute atomic E-state index is 13.6. The lowest BCUT2D eigenvalue weighted by Gasteiger charge is -2.36. The number of nitrogens with one attached hydrogen (secondary N) is 1.